The fourth-order valence-electron chi connectivity index (χ4n) is 8.07. The maximum atomic E-state index is 11.8. The van der Waals surface area contributed by atoms with Crippen molar-refractivity contribution in [3.63, 3.8) is 0 Å². The Morgan fingerprint density at radius 3 is 1.31 bits per heavy atom. The number of esters is 2. The molecule has 4 aromatic rings. The molecule has 2 aliphatic rings. The number of carbonyl (C=O) groups is 3. The number of unbranched alkanes of at least 4 members (excludes halogenated alkanes) is 14. The summed E-state index contributed by atoms with van der Waals surface area (Å²) < 4.78 is 41.6. The second-order valence-electron chi connectivity index (χ2n) is 19.4. The summed E-state index contributed by atoms with van der Waals surface area (Å²) in [6.45, 7) is 10.2. The van der Waals surface area contributed by atoms with E-state index < -0.39 is 0 Å². The summed E-state index contributed by atoms with van der Waals surface area (Å²) in [6.07, 6.45) is 39.9. The lowest BCUT2D eigenvalue weighted by atomic mass is 10.0. The van der Waals surface area contributed by atoms with E-state index in [4.69, 9.17) is 57.4 Å². The second kappa shape index (κ2) is 49.7. The van der Waals surface area contributed by atoms with Gasteiger partial charge in [-0.1, -0.05) is 136 Å². The van der Waals surface area contributed by atoms with Crippen molar-refractivity contribution < 1.29 is 76.5 Å². The second-order valence-corrected chi connectivity index (χ2v) is 19.4. The molecule has 6 rings (SSSR count). The lowest BCUT2D eigenvalue weighted by Crippen LogP contribution is -2.04. The number of hydrogen-bond acceptors (Lipinski definition) is 16. The molecule has 5 N–H and O–H groups in total. The first-order valence-electron chi connectivity index (χ1n) is 29.7. The number of rotatable bonds is 37. The van der Waals surface area contributed by atoms with Crippen LogP contribution < -0.4 is 0 Å². The van der Waals surface area contributed by atoms with E-state index in [1.165, 1.54) is 116 Å². The van der Waals surface area contributed by atoms with E-state index in [9.17, 15) is 14.4 Å². The van der Waals surface area contributed by atoms with Gasteiger partial charge in [-0.2, -0.15) is 0 Å². The average molecular weight is 1130 g/mol. The van der Waals surface area contributed by atoms with Gasteiger partial charge in [0.25, 0.3) is 0 Å². The molecule has 2 aliphatic heterocycles. The van der Waals surface area contributed by atoms with Crippen molar-refractivity contribution in [3.05, 3.63) is 119 Å². The standard InChI is InChI=1S/C25H40O5.C19H34O2.2C6H8O3.C6H6O3.C2H6/c1-3-5-9-12-21-23(29-21)17-24-22(30-24)13-10-7-6-8-11-14-25(26)27-18-20-16-15-19(4-2)28-20;1-3-4-5-6-7-8-9-10-11-12-13-14-15-16-17-18-19(20)21-2;3*7-3-5-1-2-6(4-8)9-5;1-2/h15-16,21-24H,3-14,17-18H2,1-2H3;7-8,10-11H,3-6,9,12-18H2,1-2H3;2*1-2,7-8H,3-4H2;1-3,8H,4H2;1-2H3/b;8-7-,11-10-;;;;. The third kappa shape index (κ3) is 37.8. The largest absolute Gasteiger partial charge is 0.469 e. The molecular weight excluding hydrogens is 1020 g/mol. The number of furan rings is 4. The molecule has 0 amide bonds. The van der Waals surface area contributed by atoms with Crippen LogP contribution in [0, 0.1) is 0 Å². The Kier molecular flexibility index (Phi) is 45.3. The summed E-state index contributed by atoms with van der Waals surface area (Å²) in [4.78, 5) is 32.7. The topological polar surface area (TPSA) is 248 Å². The number of aryl methyl sites for hydroxylation is 1. The van der Waals surface area contributed by atoms with Crippen molar-refractivity contribution in [3.8, 4) is 0 Å². The lowest BCUT2D eigenvalue weighted by molar-refractivity contribution is -0.145. The van der Waals surface area contributed by atoms with Gasteiger partial charge in [0.2, 0.25) is 0 Å². The number of aliphatic hydroxyl groups is 5. The highest BCUT2D eigenvalue weighted by Crippen LogP contribution is 2.39. The first-order chi connectivity index (χ1) is 39.1. The molecule has 0 bridgehead atoms. The SMILES string of the molecule is CC.CCCCC/C=C\C/C=C\CCCCCCCC(=O)OC.CCCCCC1OC1CC1OC1CCCCCCCC(=O)OCc1ccc(CC)o1.O=Cc1ccc(CO)o1.OCc1ccc(CO)o1.OCc1ccc(CO)o1. The molecule has 0 aliphatic carbocycles. The maximum Gasteiger partial charge on any atom is 0.306 e. The molecule has 4 unspecified atom stereocenters. The van der Waals surface area contributed by atoms with Gasteiger partial charge in [-0.05, 0) is 106 Å². The number of methoxy groups -OCH3 is 1. The van der Waals surface area contributed by atoms with Crippen LogP contribution >= 0.6 is 0 Å². The zero-order valence-corrected chi connectivity index (χ0v) is 49.5. The number of aldehydes is 1. The van der Waals surface area contributed by atoms with Gasteiger partial charge in [0.1, 0.15) is 80.0 Å². The highest BCUT2D eigenvalue weighted by molar-refractivity contribution is 5.70. The molecule has 4 atom stereocenters. The number of aliphatic hydroxyl groups excluding tert-OH is 5. The molecule has 0 spiro atoms. The average Bonchev–Trinajstić information content (AvgIpc) is 3.97. The fraction of sp³-hybridized carbons (Fsp3) is 0.641. The Morgan fingerprint density at radius 1 is 0.475 bits per heavy atom. The number of ether oxygens (including phenoxy) is 4. The zero-order valence-electron chi connectivity index (χ0n) is 49.5. The number of carbonyl (C=O) groups excluding carboxylic acids is 3. The summed E-state index contributed by atoms with van der Waals surface area (Å²) in [6, 6.07) is 13.4. The van der Waals surface area contributed by atoms with Crippen molar-refractivity contribution >= 4 is 18.2 Å². The van der Waals surface area contributed by atoms with Crippen molar-refractivity contribution in [2.45, 2.75) is 259 Å². The van der Waals surface area contributed by atoms with Crippen molar-refractivity contribution in [1.82, 2.24) is 0 Å². The normalized spacial score (nSPS) is 15.7. The first kappa shape index (κ1) is 72.9. The lowest BCUT2D eigenvalue weighted by Gasteiger charge is -2.03. The van der Waals surface area contributed by atoms with Gasteiger partial charge in [0, 0.05) is 25.7 Å². The molecule has 6 heterocycles. The van der Waals surface area contributed by atoms with Gasteiger partial charge in [0.15, 0.2) is 12.0 Å². The zero-order chi connectivity index (χ0) is 58.9. The van der Waals surface area contributed by atoms with Crippen LogP contribution in [0.3, 0.4) is 0 Å². The minimum atomic E-state index is -0.159. The quantitative estimate of drug-likeness (QED) is 0.00926. The molecule has 0 saturated carbocycles. The molecule has 2 saturated heterocycles. The van der Waals surface area contributed by atoms with Crippen LogP contribution in [0.5, 0.6) is 0 Å². The van der Waals surface area contributed by atoms with Gasteiger partial charge in [-0.25, -0.2) is 0 Å². The molecule has 16 nitrogen and oxygen atoms in total. The van der Waals surface area contributed by atoms with Gasteiger partial charge in [0.05, 0.1) is 31.5 Å². The summed E-state index contributed by atoms with van der Waals surface area (Å²) in [5.74, 6) is 4.04. The van der Waals surface area contributed by atoms with Gasteiger partial charge in [-0.15, -0.1) is 0 Å². The van der Waals surface area contributed by atoms with Crippen molar-refractivity contribution in [2.24, 2.45) is 0 Å². The molecule has 0 aromatic carbocycles. The number of epoxide rings is 2. The van der Waals surface area contributed by atoms with Crippen molar-refractivity contribution in [2.75, 3.05) is 7.11 Å². The van der Waals surface area contributed by atoms with E-state index in [0.29, 0.717) is 72.3 Å². The van der Waals surface area contributed by atoms with Crippen LogP contribution in [0.15, 0.2) is 90.5 Å². The number of hydrogen-bond donors (Lipinski definition) is 5. The third-order valence-electron chi connectivity index (χ3n) is 12.8. The van der Waals surface area contributed by atoms with E-state index in [2.05, 4.69) is 42.9 Å². The fourth-order valence-corrected chi connectivity index (χ4v) is 8.07. The Bertz CT molecular complexity index is 2050. The number of allylic oxidation sites excluding steroid dienone is 4. The smallest absolute Gasteiger partial charge is 0.306 e. The van der Waals surface area contributed by atoms with E-state index in [1.807, 2.05) is 32.9 Å². The van der Waals surface area contributed by atoms with Crippen LogP contribution in [-0.2, 0) is 74.6 Å². The highest BCUT2D eigenvalue weighted by atomic mass is 16.6. The summed E-state index contributed by atoms with van der Waals surface area (Å²) in [5, 5.41) is 42.3. The van der Waals surface area contributed by atoms with Gasteiger partial charge in [-0.3, -0.25) is 14.4 Å². The molecule has 0 radical (unpaired) electrons. The molecule has 454 valence electrons. The minimum Gasteiger partial charge on any atom is -0.469 e. The maximum absolute atomic E-state index is 11.8. The Hall–Kier alpha value is -5.07. The highest BCUT2D eigenvalue weighted by Gasteiger charge is 2.47. The van der Waals surface area contributed by atoms with Crippen molar-refractivity contribution in [1.29, 1.82) is 0 Å². The van der Waals surface area contributed by atoms with Crippen LogP contribution in [-0.4, -0.2) is 75.3 Å². The predicted octanol–water partition coefficient (Wildman–Crippen LogP) is 14.2. The van der Waals surface area contributed by atoms with Gasteiger partial charge >= 0.3 is 11.9 Å². The van der Waals surface area contributed by atoms with Gasteiger partial charge < -0.3 is 62.1 Å². The molecule has 4 aromatic heterocycles. The van der Waals surface area contributed by atoms with E-state index >= 15 is 0 Å². The third-order valence-corrected chi connectivity index (χ3v) is 12.8. The predicted molar refractivity (Wildman–Crippen MR) is 310 cm³/mol. The molecular formula is C64H102O16. The minimum absolute atomic E-state index is 0.0827. The van der Waals surface area contributed by atoms with Crippen LogP contribution in [0.25, 0.3) is 0 Å². The Morgan fingerprint density at radius 2 is 0.875 bits per heavy atom. The monoisotopic (exact) mass is 1130 g/mol. The summed E-state index contributed by atoms with van der Waals surface area (Å²) in [5.41, 5.74) is 0. The molecule has 16 heteroatoms. The molecule has 80 heavy (non-hydrogen) atoms. The van der Waals surface area contributed by atoms with E-state index in [0.717, 1.165) is 56.5 Å². The van der Waals surface area contributed by atoms with E-state index in [1.54, 1.807) is 30.3 Å². The van der Waals surface area contributed by atoms with Crippen LogP contribution in [0.4, 0.5) is 0 Å². The first-order valence-corrected chi connectivity index (χ1v) is 29.7. The van der Waals surface area contributed by atoms with Crippen LogP contribution in [0.1, 0.15) is 240 Å². The Balaban J connectivity index is 0.000000549. The Labute approximate surface area is 478 Å². The summed E-state index contributed by atoms with van der Waals surface area (Å²) in [7, 11) is 1.45. The van der Waals surface area contributed by atoms with E-state index in [-0.39, 0.29) is 57.3 Å². The van der Waals surface area contributed by atoms with Crippen LogP contribution in [0.2, 0.25) is 0 Å². The molecule has 2 fully saturated rings. The summed E-state index contributed by atoms with van der Waals surface area (Å²) >= 11 is 0.